The highest BCUT2D eigenvalue weighted by atomic mass is 79.9. The highest BCUT2D eigenvalue weighted by Gasteiger charge is 2.30. The summed E-state index contributed by atoms with van der Waals surface area (Å²) in [6.07, 6.45) is 0.976. The monoisotopic (exact) mass is 326 g/mol. The summed E-state index contributed by atoms with van der Waals surface area (Å²) in [5, 5.41) is 0. The van der Waals surface area contributed by atoms with Crippen molar-refractivity contribution in [2.45, 2.75) is 32.4 Å². The number of morpholine rings is 1. The fourth-order valence-corrected chi connectivity index (χ4v) is 2.52. The third-order valence-electron chi connectivity index (χ3n) is 3.44. The SMILES string of the molecule is CCC1COC(C)CN1C(=O)c1ccc(Br)c(N)c1. The van der Waals surface area contributed by atoms with E-state index in [1.165, 1.54) is 0 Å². The molecule has 0 radical (unpaired) electrons. The number of nitrogens with zero attached hydrogens (tertiary/aromatic N) is 1. The zero-order valence-corrected chi connectivity index (χ0v) is 12.8. The van der Waals surface area contributed by atoms with Gasteiger partial charge in [-0.1, -0.05) is 6.92 Å². The number of nitrogens with two attached hydrogens (primary N) is 1. The predicted molar refractivity (Wildman–Crippen MR) is 79.1 cm³/mol. The third kappa shape index (κ3) is 3.09. The van der Waals surface area contributed by atoms with E-state index in [0.717, 1.165) is 10.9 Å². The van der Waals surface area contributed by atoms with Crippen molar-refractivity contribution < 1.29 is 9.53 Å². The summed E-state index contributed by atoms with van der Waals surface area (Å²) in [6.45, 7) is 5.30. The van der Waals surface area contributed by atoms with Gasteiger partial charge in [-0.2, -0.15) is 0 Å². The average molecular weight is 327 g/mol. The Labute approximate surface area is 122 Å². The molecule has 1 aliphatic rings. The zero-order valence-electron chi connectivity index (χ0n) is 11.2. The van der Waals surface area contributed by atoms with Crippen molar-refractivity contribution in [3.63, 3.8) is 0 Å². The molecule has 2 unspecified atom stereocenters. The fourth-order valence-electron chi connectivity index (χ4n) is 2.27. The Bertz CT molecular complexity index is 479. The summed E-state index contributed by atoms with van der Waals surface area (Å²) in [5.74, 6) is 0.0289. The van der Waals surface area contributed by atoms with Crippen LogP contribution in [-0.4, -0.2) is 36.1 Å². The van der Waals surface area contributed by atoms with E-state index in [9.17, 15) is 4.79 Å². The summed E-state index contributed by atoms with van der Waals surface area (Å²) in [5.41, 5.74) is 7.06. The summed E-state index contributed by atoms with van der Waals surface area (Å²) in [4.78, 5) is 14.5. The minimum absolute atomic E-state index is 0.0289. The van der Waals surface area contributed by atoms with Crippen LogP contribution in [0.1, 0.15) is 30.6 Å². The predicted octanol–water partition coefficient (Wildman–Crippen LogP) is 2.67. The lowest BCUT2D eigenvalue weighted by Crippen LogP contribution is -2.51. The van der Waals surface area contributed by atoms with Crippen molar-refractivity contribution in [3.05, 3.63) is 28.2 Å². The van der Waals surface area contributed by atoms with E-state index in [4.69, 9.17) is 10.5 Å². The molecule has 2 N–H and O–H groups in total. The molecule has 0 aromatic heterocycles. The number of halogens is 1. The highest BCUT2D eigenvalue weighted by Crippen LogP contribution is 2.23. The van der Waals surface area contributed by atoms with Gasteiger partial charge in [-0.15, -0.1) is 0 Å². The van der Waals surface area contributed by atoms with Gasteiger partial charge in [-0.3, -0.25) is 4.79 Å². The largest absolute Gasteiger partial charge is 0.398 e. The third-order valence-corrected chi connectivity index (χ3v) is 4.16. The number of anilines is 1. The molecule has 1 heterocycles. The number of carbonyl (C=O) groups is 1. The number of hydrogen-bond acceptors (Lipinski definition) is 3. The molecule has 1 saturated heterocycles. The van der Waals surface area contributed by atoms with Crippen molar-refractivity contribution in [2.75, 3.05) is 18.9 Å². The summed E-state index contributed by atoms with van der Waals surface area (Å²) in [6, 6.07) is 5.48. The quantitative estimate of drug-likeness (QED) is 0.850. The van der Waals surface area contributed by atoms with Crippen LogP contribution in [-0.2, 0) is 4.74 Å². The van der Waals surface area contributed by atoms with Gasteiger partial charge in [0.15, 0.2) is 0 Å². The maximum absolute atomic E-state index is 12.6. The minimum Gasteiger partial charge on any atom is -0.398 e. The molecule has 1 fully saturated rings. The van der Waals surface area contributed by atoms with Crippen LogP contribution in [0.4, 0.5) is 5.69 Å². The van der Waals surface area contributed by atoms with E-state index >= 15 is 0 Å². The molecular weight excluding hydrogens is 308 g/mol. The van der Waals surface area contributed by atoms with E-state index in [2.05, 4.69) is 22.9 Å². The van der Waals surface area contributed by atoms with Crippen molar-refractivity contribution in [1.82, 2.24) is 4.90 Å². The van der Waals surface area contributed by atoms with Gasteiger partial charge in [-0.25, -0.2) is 0 Å². The maximum Gasteiger partial charge on any atom is 0.254 e. The molecule has 2 rings (SSSR count). The molecule has 2 atom stereocenters. The number of hydrogen-bond donors (Lipinski definition) is 1. The van der Waals surface area contributed by atoms with Crippen molar-refractivity contribution in [2.24, 2.45) is 0 Å². The lowest BCUT2D eigenvalue weighted by atomic mass is 10.1. The molecule has 0 spiro atoms. The fraction of sp³-hybridized carbons (Fsp3) is 0.500. The van der Waals surface area contributed by atoms with Gasteiger partial charge in [-0.05, 0) is 47.5 Å². The van der Waals surface area contributed by atoms with Crippen LogP contribution < -0.4 is 5.73 Å². The smallest absolute Gasteiger partial charge is 0.254 e. The van der Waals surface area contributed by atoms with Crippen molar-refractivity contribution in [1.29, 1.82) is 0 Å². The van der Waals surface area contributed by atoms with Gasteiger partial charge in [0.25, 0.3) is 5.91 Å². The molecular formula is C14H19BrN2O2. The first-order valence-electron chi connectivity index (χ1n) is 6.50. The molecule has 1 aromatic carbocycles. The van der Waals surface area contributed by atoms with E-state index < -0.39 is 0 Å². The maximum atomic E-state index is 12.6. The summed E-state index contributed by atoms with van der Waals surface area (Å²) < 4.78 is 6.43. The minimum atomic E-state index is 0.0289. The summed E-state index contributed by atoms with van der Waals surface area (Å²) in [7, 11) is 0. The molecule has 0 aliphatic carbocycles. The zero-order chi connectivity index (χ0) is 14.0. The molecule has 0 saturated carbocycles. The van der Waals surface area contributed by atoms with Gasteiger partial charge in [0.1, 0.15) is 0 Å². The van der Waals surface area contributed by atoms with E-state index in [1.54, 1.807) is 12.1 Å². The lowest BCUT2D eigenvalue weighted by Gasteiger charge is -2.38. The van der Waals surface area contributed by atoms with Gasteiger partial charge >= 0.3 is 0 Å². The van der Waals surface area contributed by atoms with Crippen molar-refractivity contribution >= 4 is 27.5 Å². The second kappa shape index (κ2) is 5.92. The van der Waals surface area contributed by atoms with E-state index in [0.29, 0.717) is 24.4 Å². The van der Waals surface area contributed by atoms with Gasteiger partial charge in [0.05, 0.1) is 18.8 Å². The normalized spacial score (nSPS) is 23.4. The topological polar surface area (TPSA) is 55.6 Å². The Hall–Kier alpha value is -1.07. The first-order valence-corrected chi connectivity index (χ1v) is 7.29. The Morgan fingerprint density at radius 1 is 1.58 bits per heavy atom. The second-order valence-corrected chi connectivity index (χ2v) is 5.75. The number of nitrogen functional groups attached to an aromatic ring is 1. The number of amides is 1. The molecule has 1 amide bonds. The van der Waals surface area contributed by atoms with E-state index in [1.807, 2.05) is 17.9 Å². The van der Waals surface area contributed by atoms with Crippen LogP contribution in [0.3, 0.4) is 0 Å². The van der Waals surface area contributed by atoms with Crippen LogP contribution in [0.5, 0.6) is 0 Å². The Morgan fingerprint density at radius 2 is 2.32 bits per heavy atom. The Kier molecular flexibility index (Phi) is 4.47. The Balaban J connectivity index is 2.23. The number of benzene rings is 1. The van der Waals surface area contributed by atoms with Crippen LogP contribution >= 0.6 is 15.9 Å². The molecule has 4 nitrogen and oxygen atoms in total. The number of rotatable bonds is 2. The van der Waals surface area contributed by atoms with Gasteiger partial charge in [0.2, 0.25) is 0 Å². The van der Waals surface area contributed by atoms with Crippen LogP contribution in [0.2, 0.25) is 0 Å². The molecule has 1 aliphatic heterocycles. The van der Waals surface area contributed by atoms with Gasteiger partial charge < -0.3 is 15.4 Å². The molecule has 104 valence electrons. The second-order valence-electron chi connectivity index (χ2n) is 4.90. The highest BCUT2D eigenvalue weighted by molar-refractivity contribution is 9.10. The first kappa shape index (κ1) is 14.3. The number of carbonyl (C=O) groups excluding carboxylic acids is 1. The van der Waals surface area contributed by atoms with Crippen molar-refractivity contribution in [3.8, 4) is 0 Å². The van der Waals surface area contributed by atoms with Crippen LogP contribution in [0.15, 0.2) is 22.7 Å². The molecule has 5 heteroatoms. The van der Waals surface area contributed by atoms with Crippen LogP contribution in [0, 0.1) is 0 Å². The van der Waals surface area contributed by atoms with E-state index in [-0.39, 0.29) is 18.1 Å². The Morgan fingerprint density at radius 3 is 2.95 bits per heavy atom. The molecule has 19 heavy (non-hydrogen) atoms. The standard InChI is InChI=1S/C14H19BrN2O2/c1-3-11-8-19-9(2)7-17(11)14(18)10-4-5-12(15)13(16)6-10/h4-6,9,11H,3,7-8,16H2,1-2H3. The number of ether oxygens (including phenoxy) is 1. The van der Waals surface area contributed by atoms with Crippen LogP contribution in [0.25, 0.3) is 0 Å². The molecule has 0 bridgehead atoms. The first-order chi connectivity index (χ1) is 9.02. The molecule has 1 aromatic rings. The average Bonchev–Trinajstić information content (AvgIpc) is 2.41. The lowest BCUT2D eigenvalue weighted by molar-refractivity contribution is -0.0444. The summed E-state index contributed by atoms with van der Waals surface area (Å²) >= 11 is 3.34. The van der Waals surface area contributed by atoms with Gasteiger partial charge in [0, 0.05) is 22.3 Å².